The van der Waals surface area contributed by atoms with E-state index in [0.29, 0.717) is 23.2 Å². The van der Waals surface area contributed by atoms with E-state index in [-0.39, 0.29) is 17.9 Å². The van der Waals surface area contributed by atoms with Crippen LogP contribution in [0.4, 0.5) is 5.82 Å². The van der Waals surface area contributed by atoms with Crippen molar-refractivity contribution in [3.63, 3.8) is 0 Å². The molecular formula is C27H29N7O2. The summed E-state index contributed by atoms with van der Waals surface area (Å²) in [5, 5.41) is 12.0. The fourth-order valence-corrected chi connectivity index (χ4v) is 4.94. The fourth-order valence-electron chi connectivity index (χ4n) is 4.94. The van der Waals surface area contributed by atoms with Gasteiger partial charge < -0.3 is 14.7 Å². The Bertz CT molecular complexity index is 1420. The molecule has 3 aromatic heterocycles. The molecule has 36 heavy (non-hydrogen) atoms. The van der Waals surface area contributed by atoms with Crippen LogP contribution in [-0.2, 0) is 23.2 Å². The van der Waals surface area contributed by atoms with Crippen LogP contribution in [-0.4, -0.2) is 56.4 Å². The molecule has 1 unspecified atom stereocenters. The minimum absolute atomic E-state index is 0.0343. The van der Waals surface area contributed by atoms with Gasteiger partial charge in [-0.1, -0.05) is 29.4 Å². The Hall–Kier alpha value is -4.01. The number of pyridine rings is 1. The van der Waals surface area contributed by atoms with Crippen LogP contribution in [0.3, 0.4) is 0 Å². The lowest BCUT2D eigenvalue weighted by molar-refractivity contribution is -0.129. The molecule has 0 saturated heterocycles. The van der Waals surface area contributed by atoms with Crippen molar-refractivity contribution in [2.75, 3.05) is 26.0 Å². The summed E-state index contributed by atoms with van der Waals surface area (Å²) in [6.45, 7) is 3.32. The van der Waals surface area contributed by atoms with Crippen LogP contribution in [0.5, 0.6) is 0 Å². The first-order valence-electron chi connectivity index (χ1n) is 12.3. The molecule has 0 bridgehead atoms. The lowest BCUT2D eigenvalue weighted by Crippen LogP contribution is -2.28. The SMILES string of the molecule is CN(C)C(=O)Cn1cc(-c2nc(C(C)(c3ccc(-c4cnc5c(c4)CCN5)cc3)C3CC3)no2)cn1. The molecule has 0 spiro atoms. The molecule has 0 radical (unpaired) electrons. The zero-order chi connectivity index (χ0) is 24.9. The van der Waals surface area contributed by atoms with Crippen molar-refractivity contribution in [3.8, 4) is 22.6 Å². The number of hydrogen-bond acceptors (Lipinski definition) is 7. The molecule has 1 aliphatic carbocycles. The summed E-state index contributed by atoms with van der Waals surface area (Å²) in [7, 11) is 3.45. The molecule has 1 amide bonds. The Kier molecular flexibility index (Phi) is 5.35. The topological polar surface area (TPSA) is 102 Å². The largest absolute Gasteiger partial charge is 0.370 e. The number of anilines is 1. The highest BCUT2D eigenvalue weighted by Crippen LogP contribution is 2.50. The number of nitrogens with one attached hydrogen (secondary N) is 1. The first-order chi connectivity index (χ1) is 17.4. The average molecular weight is 484 g/mol. The summed E-state index contributed by atoms with van der Waals surface area (Å²) < 4.78 is 7.26. The van der Waals surface area contributed by atoms with E-state index in [0.717, 1.165) is 42.8 Å². The van der Waals surface area contributed by atoms with Gasteiger partial charge in [-0.15, -0.1) is 0 Å². The third kappa shape index (κ3) is 3.94. The smallest absolute Gasteiger partial charge is 0.261 e. The number of carbonyl (C=O) groups excluding carboxylic acids is 1. The maximum Gasteiger partial charge on any atom is 0.261 e. The summed E-state index contributed by atoms with van der Waals surface area (Å²) in [6, 6.07) is 10.9. The van der Waals surface area contributed by atoms with Crippen LogP contribution in [0.2, 0.25) is 0 Å². The first-order valence-corrected chi connectivity index (χ1v) is 12.3. The molecular weight excluding hydrogens is 454 g/mol. The Balaban J connectivity index is 1.27. The summed E-state index contributed by atoms with van der Waals surface area (Å²) in [6.07, 6.45) is 8.64. The van der Waals surface area contributed by atoms with Crippen molar-refractivity contribution in [2.24, 2.45) is 5.92 Å². The number of rotatable bonds is 7. The molecule has 1 atom stereocenters. The second-order valence-corrected chi connectivity index (χ2v) is 10.1. The van der Waals surface area contributed by atoms with Crippen LogP contribution < -0.4 is 5.32 Å². The molecule has 184 valence electrons. The molecule has 4 aromatic rings. The van der Waals surface area contributed by atoms with Gasteiger partial charge in [0.15, 0.2) is 5.82 Å². The third-order valence-corrected chi connectivity index (χ3v) is 7.43. The molecule has 2 aliphatic rings. The number of benzene rings is 1. The third-order valence-electron chi connectivity index (χ3n) is 7.43. The molecule has 1 fully saturated rings. The van der Waals surface area contributed by atoms with Crippen molar-refractivity contribution >= 4 is 11.7 Å². The van der Waals surface area contributed by atoms with Crippen LogP contribution in [0, 0.1) is 5.92 Å². The predicted octanol–water partition coefficient (Wildman–Crippen LogP) is 3.77. The van der Waals surface area contributed by atoms with Gasteiger partial charge in [-0.2, -0.15) is 10.1 Å². The number of aromatic nitrogens is 5. The number of amides is 1. The van der Waals surface area contributed by atoms with Gasteiger partial charge in [0.25, 0.3) is 5.89 Å². The van der Waals surface area contributed by atoms with Crippen molar-refractivity contribution in [2.45, 2.75) is 38.1 Å². The van der Waals surface area contributed by atoms with Crippen molar-refractivity contribution < 1.29 is 9.32 Å². The van der Waals surface area contributed by atoms with E-state index in [1.165, 1.54) is 16.0 Å². The zero-order valence-electron chi connectivity index (χ0n) is 20.7. The van der Waals surface area contributed by atoms with Gasteiger partial charge in [-0.25, -0.2) is 4.98 Å². The van der Waals surface area contributed by atoms with Crippen molar-refractivity contribution in [1.29, 1.82) is 0 Å². The predicted molar refractivity (Wildman–Crippen MR) is 135 cm³/mol. The van der Waals surface area contributed by atoms with Gasteiger partial charge in [-0.05, 0) is 54.9 Å². The minimum atomic E-state index is -0.350. The molecule has 4 heterocycles. The van der Waals surface area contributed by atoms with Gasteiger partial charge in [0.2, 0.25) is 5.91 Å². The zero-order valence-corrected chi connectivity index (χ0v) is 20.7. The first kappa shape index (κ1) is 22.5. The van der Waals surface area contributed by atoms with Crippen LogP contribution >= 0.6 is 0 Å². The Morgan fingerprint density at radius 3 is 2.72 bits per heavy atom. The van der Waals surface area contributed by atoms with E-state index in [1.807, 2.05) is 6.20 Å². The second kappa shape index (κ2) is 8.58. The van der Waals surface area contributed by atoms with Crippen molar-refractivity contribution in [1.82, 2.24) is 29.8 Å². The molecule has 6 rings (SSSR count). The van der Waals surface area contributed by atoms with E-state index in [4.69, 9.17) is 9.51 Å². The van der Waals surface area contributed by atoms with E-state index in [1.54, 1.807) is 31.2 Å². The van der Waals surface area contributed by atoms with Gasteiger partial charge in [0.05, 0.1) is 17.2 Å². The maximum atomic E-state index is 12.0. The van der Waals surface area contributed by atoms with Crippen LogP contribution in [0.25, 0.3) is 22.6 Å². The van der Waals surface area contributed by atoms with Crippen LogP contribution in [0.1, 0.15) is 36.7 Å². The average Bonchev–Trinajstić information content (AvgIpc) is 3.24. The number of nitrogens with zero attached hydrogens (tertiary/aromatic N) is 6. The molecule has 1 saturated carbocycles. The number of carbonyl (C=O) groups is 1. The van der Waals surface area contributed by atoms with Gasteiger partial charge >= 0.3 is 0 Å². The molecule has 1 aliphatic heterocycles. The monoisotopic (exact) mass is 483 g/mol. The van der Waals surface area contributed by atoms with Crippen LogP contribution in [0.15, 0.2) is 53.4 Å². The molecule has 9 heteroatoms. The summed E-state index contributed by atoms with van der Waals surface area (Å²) in [5.74, 6) is 2.51. The summed E-state index contributed by atoms with van der Waals surface area (Å²) in [5.41, 5.74) is 5.07. The lowest BCUT2D eigenvalue weighted by Gasteiger charge is -2.27. The fraction of sp³-hybridized carbons (Fsp3) is 0.370. The molecule has 9 nitrogen and oxygen atoms in total. The summed E-state index contributed by atoms with van der Waals surface area (Å²) >= 11 is 0. The Morgan fingerprint density at radius 2 is 1.97 bits per heavy atom. The van der Waals surface area contributed by atoms with E-state index in [9.17, 15) is 4.79 Å². The van der Waals surface area contributed by atoms with Gasteiger partial charge in [0.1, 0.15) is 12.4 Å². The quantitative estimate of drug-likeness (QED) is 0.427. The van der Waals surface area contributed by atoms with E-state index in [2.05, 4.69) is 57.8 Å². The maximum absolute atomic E-state index is 12.0. The highest BCUT2D eigenvalue weighted by atomic mass is 16.5. The highest BCUT2D eigenvalue weighted by Gasteiger charge is 2.47. The highest BCUT2D eigenvalue weighted by molar-refractivity contribution is 5.75. The lowest BCUT2D eigenvalue weighted by atomic mass is 9.76. The van der Waals surface area contributed by atoms with E-state index < -0.39 is 0 Å². The number of likely N-dealkylation sites (N-methyl/N-ethyl adjacent to an activating group) is 1. The molecule has 1 aromatic carbocycles. The normalized spacial score (nSPS) is 16.3. The van der Waals surface area contributed by atoms with Crippen molar-refractivity contribution in [3.05, 3.63) is 65.9 Å². The summed E-state index contributed by atoms with van der Waals surface area (Å²) in [4.78, 5) is 22.9. The van der Waals surface area contributed by atoms with E-state index >= 15 is 0 Å². The standard InChI is InChI=1S/C27H29N7O2/c1-27(22-8-9-22,21-6-4-17(5-7-21)19-12-18-10-11-28-24(18)29-13-19)26-31-25(36-32-26)20-14-30-34(15-20)16-23(35)33(2)3/h4-7,12-15,22H,8-11,16H2,1-3H3,(H,28,29). The molecule has 1 N–H and O–H groups in total. The number of fused-ring (bicyclic) bond motifs is 1. The second-order valence-electron chi connectivity index (χ2n) is 10.1. The van der Waals surface area contributed by atoms with Gasteiger partial charge in [-0.3, -0.25) is 9.48 Å². The Labute approximate surface area is 209 Å². The van der Waals surface area contributed by atoms with Gasteiger partial charge in [0, 0.05) is 38.6 Å². The minimum Gasteiger partial charge on any atom is -0.370 e. The number of hydrogen-bond donors (Lipinski definition) is 1. The Morgan fingerprint density at radius 1 is 1.17 bits per heavy atom.